The molecule has 9 nitrogen and oxygen atoms in total. The molecule has 0 saturated carbocycles. The maximum absolute atomic E-state index is 13.2. The van der Waals surface area contributed by atoms with Gasteiger partial charge in [0, 0.05) is 29.1 Å². The smallest absolute Gasteiger partial charge is 0.281 e. The number of sulfonamides is 1. The van der Waals surface area contributed by atoms with Gasteiger partial charge in [-0.2, -0.15) is 4.31 Å². The third-order valence-corrected chi connectivity index (χ3v) is 8.15. The number of fused-ring (bicyclic) bond motifs is 1. The van der Waals surface area contributed by atoms with E-state index in [-0.39, 0.29) is 22.9 Å². The van der Waals surface area contributed by atoms with Crippen LogP contribution in [0.2, 0.25) is 10.0 Å². The SMILES string of the molecule is O=c1[nH]c([C@@H]2CCCN(S(=O)(=O)c3cccc(Cl)c3)C2)nc2c1nnn2Cc1cccc(Cl)c1. The number of H-pyrrole nitrogens is 1. The van der Waals surface area contributed by atoms with Crippen LogP contribution in [0.1, 0.15) is 30.1 Å². The zero-order chi connectivity index (χ0) is 23.9. The molecular weight excluding hydrogens is 499 g/mol. The summed E-state index contributed by atoms with van der Waals surface area (Å²) in [6.45, 7) is 0.915. The molecule has 0 radical (unpaired) electrons. The van der Waals surface area contributed by atoms with Crippen LogP contribution < -0.4 is 5.56 Å². The highest BCUT2D eigenvalue weighted by molar-refractivity contribution is 7.89. The van der Waals surface area contributed by atoms with Crippen molar-refractivity contribution in [2.24, 2.45) is 0 Å². The van der Waals surface area contributed by atoms with Crippen molar-refractivity contribution in [1.29, 1.82) is 0 Å². The number of hydrogen-bond acceptors (Lipinski definition) is 6. The third kappa shape index (κ3) is 4.46. The lowest BCUT2D eigenvalue weighted by atomic mass is 9.99. The highest BCUT2D eigenvalue weighted by Crippen LogP contribution is 2.29. The van der Waals surface area contributed by atoms with Crippen molar-refractivity contribution in [3.8, 4) is 0 Å². The van der Waals surface area contributed by atoms with E-state index in [9.17, 15) is 13.2 Å². The first-order valence-corrected chi connectivity index (χ1v) is 12.8. The molecule has 1 saturated heterocycles. The molecule has 0 aliphatic carbocycles. The fraction of sp³-hybridized carbons (Fsp3) is 0.273. The first-order valence-electron chi connectivity index (χ1n) is 10.6. The van der Waals surface area contributed by atoms with Crippen molar-refractivity contribution in [3.05, 3.63) is 80.3 Å². The van der Waals surface area contributed by atoms with Gasteiger partial charge in [0.25, 0.3) is 5.56 Å². The predicted octanol–water partition coefficient (Wildman–Crippen LogP) is 3.44. The van der Waals surface area contributed by atoms with Crippen LogP contribution >= 0.6 is 23.2 Å². The van der Waals surface area contributed by atoms with Gasteiger partial charge in [0.1, 0.15) is 5.82 Å². The fourth-order valence-electron chi connectivity index (χ4n) is 4.15. The van der Waals surface area contributed by atoms with Gasteiger partial charge in [0.05, 0.1) is 11.4 Å². The monoisotopic (exact) mass is 518 g/mol. The molecule has 0 unspecified atom stereocenters. The van der Waals surface area contributed by atoms with E-state index >= 15 is 0 Å². The van der Waals surface area contributed by atoms with E-state index in [4.69, 9.17) is 23.2 Å². The van der Waals surface area contributed by atoms with Crippen LogP contribution in [0.15, 0.2) is 58.2 Å². The van der Waals surface area contributed by atoms with Gasteiger partial charge in [-0.25, -0.2) is 18.1 Å². The van der Waals surface area contributed by atoms with Crippen molar-refractivity contribution >= 4 is 44.4 Å². The van der Waals surface area contributed by atoms with Gasteiger partial charge in [-0.15, -0.1) is 5.10 Å². The van der Waals surface area contributed by atoms with Crippen molar-refractivity contribution in [2.45, 2.75) is 30.2 Å². The average Bonchev–Trinajstić information content (AvgIpc) is 3.22. The molecule has 1 fully saturated rings. The standard InChI is InChI=1S/C22H20Cl2N6O3S/c23-16-6-1-4-14(10-16)12-30-21-19(27-28-30)22(31)26-20(25-21)15-5-3-9-29(13-15)34(32,33)18-8-2-7-17(24)11-18/h1-2,4,6-8,10-11,15H,3,5,9,12-13H2,(H,25,26,31)/t15-/m1/s1. The first-order chi connectivity index (χ1) is 16.3. The van der Waals surface area contributed by atoms with Crippen LogP contribution in [0.5, 0.6) is 0 Å². The molecule has 1 N–H and O–H groups in total. The van der Waals surface area contributed by atoms with E-state index in [0.717, 1.165) is 5.56 Å². The Kier molecular flexibility index (Phi) is 6.15. The number of rotatable bonds is 5. The van der Waals surface area contributed by atoms with Gasteiger partial charge >= 0.3 is 0 Å². The molecule has 0 bridgehead atoms. The minimum Gasteiger partial charge on any atom is -0.308 e. The summed E-state index contributed by atoms with van der Waals surface area (Å²) < 4.78 is 29.3. The number of nitrogens with one attached hydrogen (secondary N) is 1. The Balaban J connectivity index is 1.46. The molecule has 1 aliphatic heterocycles. The summed E-state index contributed by atoms with van der Waals surface area (Å²) >= 11 is 12.1. The second kappa shape index (κ2) is 9.10. The lowest BCUT2D eigenvalue weighted by Crippen LogP contribution is -2.39. The molecule has 2 aromatic heterocycles. The van der Waals surface area contributed by atoms with Gasteiger partial charge in [-0.1, -0.05) is 46.6 Å². The quantitative estimate of drug-likeness (QED) is 0.432. The van der Waals surface area contributed by atoms with E-state index in [0.29, 0.717) is 47.4 Å². The zero-order valence-corrected chi connectivity index (χ0v) is 20.2. The largest absolute Gasteiger partial charge is 0.308 e. The van der Waals surface area contributed by atoms with E-state index in [2.05, 4.69) is 20.3 Å². The second-order valence-corrected chi connectivity index (χ2v) is 11.0. The minimum atomic E-state index is -3.73. The van der Waals surface area contributed by atoms with Crippen LogP contribution in [0.25, 0.3) is 11.2 Å². The molecule has 176 valence electrons. The van der Waals surface area contributed by atoms with Gasteiger partial charge < -0.3 is 4.98 Å². The van der Waals surface area contributed by atoms with Crippen LogP contribution in [0.4, 0.5) is 0 Å². The summed E-state index contributed by atoms with van der Waals surface area (Å²) in [7, 11) is -3.73. The Morgan fingerprint density at radius 3 is 2.62 bits per heavy atom. The summed E-state index contributed by atoms with van der Waals surface area (Å²) in [4.78, 5) is 20.3. The summed E-state index contributed by atoms with van der Waals surface area (Å²) in [6.07, 6.45) is 1.32. The highest BCUT2D eigenvalue weighted by atomic mass is 35.5. The molecule has 2 aromatic carbocycles. The van der Waals surface area contributed by atoms with E-state index in [1.165, 1.54) is 16.4 Å². The molecule has 1 aliphatic rings. The van der Waals surface area contributed by atoms with Gasteiger partial charge in [0.2, 0.25) is 10.0 Å². The Hall–Kier alpha value is -2.79. The number of nitrogens with zero attached hydrogens (tertiary/aromatic N) is 5. The number of piperidine rings is 1. The van der Waals surface area contributed by atoms with Crippen molar-refractivity contribution in [3.63, 3.8) is 0 Å². The number of aromatic nitrogens is 5. The second-order valence-electron chi connectivity index (χ2n) is 8.16. The van der Waals surface area contributed by atoms with Gasteiger partial charge in [-0.05, 0) is 48.7 Å². The lowest BCUT2D eigenvalue weighted by molar-refractivity contribution is 0.309. The maximum Gasteiger partial charge on any atom is 0.281 e. The van der Waals surface area contributed by atoms with E-state index < -0.39 is 15.6 Å². The summed E-state index contributed by atoms with van der Waals surface area (Å²) in [5, 5.41) is 9.02. The Morgan fingerprint density at radius 2 is 1.85 bits per heavy atom. The molecule has 5 rings (SSSR count). The number of halogens is 2. The van der Waals surface area contributed by atoms with Gasteiger partial charge in [-0.3, -0.25) is 4.79 Å². The van der Waals surface area contributed by atoms with E-state index in [1.807, 2.05) is 18.2 Å². The molecule has 34 heavy (non-hydrogen) atoms. The van der Waals surface area contributed by atoms with Crippen molar-refractivity contribution in [1.82, 2.24) is 29.3 Å². The first kappa shape index (κ1) is 23.0. The number of hydrogen-bond donors (Lipinski definition) is 1. The molecule has 12 heteroatoms. The van der Waals surface area contributed by atoms with Crippen LogP contribution in [-0.2, 0) is 16.6 Å². The fourth-order valence-corrected chi connectivity index (χ4v) is 6.19. The van der Waals surface area contributed by atoms with Crippen LogP contribution in [0.3, 0.4) is 0 Å². The van der Waals surface area contributed by atoms with Crippen LogP contribution in [-0.4, -0.2) is 50.8 Å². The summed E-state index contributed by atoms with van der Waals surface area (Å²) in [5.74, 6) is 0.132. The zero-order valence-electron chi connectivity index (χ0n) is 17.9. The molecule has 3 heterocycles. The Labute approximate surface area is 205 Å². The number of aromatic amines is 1. The number of benzene rings is 2. The summed E-state index contributed by atoms with van der Waals surface area (Å²) in [6, 6.07) is 13.5. The molecule has 4 aromatic rings. The topological polar surface area (TPSA) is 114 Å². The van der Waals surface area contributed by atoms with Gasteiger partial charge in [0.15, 0.2) is 11.2 Å². The normalized spacial score (nSPS) is 17.3. The highest BCUT2D eigenvalue weighted by Gasteiger charge is 2.32. The van der Waals surface area contributed by atoms with E-state index in [1.54, 1.807) is 22.9 Å². The molecule has 0 amide bonds. The van der Waals surface area contributed by atoms with Crippen LogP contribution in [0, 0.1) is 0 Å². The summed E-state index contributed by atoms with van der Waals surface area (Å²) in [5.41, 5.74) is 0.949. The Bertz CT molecular complexity index is 1540. The predicted molar refractivity (Wildman–Crippen MR) is 129 cm³/mol. The minimum absolute atomic E-state index is 0.130. The average molecular weight is 519 g/mol. The Morgan fingerprint density at radius 1 is 1.09 bits per heavy atom. The lowest BCUT2D eigenvalue weighted by Gasteiger charge is -2.31. The van der Waals surface area contributed by atoms with Crippen molar-refractivity contribution in [2.75, 3.05) is 13.1 Å². The third-order valence-electron chi connectivity index (χ3n) is 5.82. The molecule has 0 spiro atoms. The molecular formula is C22H20Cl2N6O3S. The van der Waals surface area contributed by atoms with Crippen molar-refractivity contribution < 1.29 is 8.42 Å². The molecule has 1 atom stereocenters. The maximum atomic E-state index is 13.2.